The molecule has 0 bridgehead atoms. The summed E-state index contributed by atoms with van der Waals surface area (Å²) in [5.74, 6) is 1.03. The zero-order chi connectivity index (χ0) is 15.8. The van der Waals surface area contributed by atoms with E-state index >= 15 is 0 Å². The van der Waals surface area contributed by atoms with E-state index in [2.05, 4.69) is 68.4 Å². The minimum Gasteiger partial charge on any atom is -0.490 e. The summed E-state index contributed by atoms with van der Waals surface area (Å²) in [7, 11) is 4.25. The molecule has 2 aromatic carbocycles. The Kier molecular flexibility index (Phi) is 6.73. The van der Waals surface area contributed by atoms with Gasteiger partial charge in [-0.1, -0.05) is 56.2 Å². The average Bonchev–Trinajstić information content (AvgIpc) is 2.53. The molecular formula is C20H29NO. The molecule has 0 aromatic heterocycles. The highest BCUT2D eigenvalue weighted by Gasteiger charge is 2.12. The van der Waals surface area contributed by atoms with Crippen LogP contribution >= 0.6 is 0 Å². The first-order chi connectivity index (χ1) is 10.7. The molecule has 120 valence electrons. The van der Waals surface area contributed by atoms with Crippen LogP contribution < -0.4 is 4.74 Å². The Morgan fingerprint density at radius 2 is 1.73 bits per heavy atom. The molecule has 0 saturated carbocycles. The lowest BCUT2D eigenvalue weighted by Crippen LogP contribution is -2.24. The summed E-state index contributed by atoms with van der Waals surface area (Å²) in [4.78, 5) is 2.24. The number of nitrogens with zero attached hydrogens (tertiary/aromatic N) is 1. The normalized spacial score (nSPS) is 12.7. The lowest BCUT2D eigenvalue weighted by molar-refractivity contribution is 0.166. The minimum atomic E-state index is 0.305. The SMILES string of the molecule is CCCCCC(CCN(C)C)Oc1cccc2ccccc12. The molecule has 0 aliphatic carbocycles. The predicted molar refractivity (Wildman–Crippen MR) is 95.7 cm³/mol. The molecule has 0 amide bonds. The van der Waals surface area contributed by atoms with Crippen molar-refractivity contribution < 1.29 is 4.74 Å². The predicted octanol–water partition coefficient (Wildman–Crippen LogP) is 5.12. The van der Waals surface area contributed by atoms with Crippen molar-refractivity contribution in [3.63, 3.8) is 0 Å². The molecule has 2 heteroatoms. The second kappa shape index (κ2) is 8.79. The van der Waals surface area contributed by atoms with E-state index in [0.29, 0.717) is 6.10 Å². The summed E-state index contributed by atoms with van der Waals surface area (Å²) in [5, 5.41) is 2.47. The number of unbranched alkanes of at least 4 members (excludes halogenated alkanes) is 2. The quantitative estimate of drug-likeness (QED) is 0.596. The van der Waals surface area contributed by atoms with Crippen LogP contribution in [0.15, 0.2) is 42.5 Å². The number of benzene rings is 2. The fraction of sp³-hybridized carbons (Fsp3) is 0.500. The fourth-order valence-electron chi connectivity index (χ4n) is 2.76. The van der Waals surface area contributed by atoms with E-state index < -0.39 is 0 Å². The second-order valence-electron chi connectivity index (χ2n) is 6.30. The zero-order valence-corrected chi connectivity index (χ0v) is 14.2. The van der Waals surface area contributed by atoms with Gasteiger partial charge in [-0.3, -0.25) is 0 Å². The molecule has 0 heterocycles. The van der Waals surface area contributed by atoms with Gasteiger partial charge >= 0.3 is 0 Å². The van der Waals surface area contributed by atoms with E-state index in [1.807, 2.05) is 0 Å². The fourth-order valence-corrected chi connectivity index (χ4v) is 2.76. The molecule has 2 rings (SSSR count). The lowest BCUT2D eigenvalue weighted by atomic mass is 10.1. The smallest absolute Gasteiger partial charge is 0.127 e. The summed E-state index contributed by atoms with van der Waals surface area (Å²) < 4.78 is 6.40. The maximum absolute atomic E-state index is 6.40. The van der Waals surface area contributed by atoms with Gasteiger partial charge in [0.15, 0.2) is 0 Å². The van der Waals surface area contributed by atoms with Gasteiger partial charge in [-0.2, -0.15) is 0 Å². The van der Waals surface area contributed by atoms with Gasteiger partial charge in [-0.25, -0.2) is 0 Å². The van der Waals surface area contributed by atoms with Crippen molar-refractivity contribution in [3.05, 3.63) is 42.5 Å². The molecule has 2 nitrogen and oxygen atoms in total. The molecule has 1 atom stereocenters. The van der Waals surface area contributed by atoms with Crippen molar-refractivity contribution in [2.45, 2.75) is 45.1 Å². The minimum absolute atomic E-state index is 0.305. The summed E-state index contributed by atoms with van der Waals surface area (Å²) in [6.45, 7) is 3.32. The zero-order valence-electron chi connectivity index (χ0n) is 14.2. The largest absolute Gasteiger partial charge is 0.490 e. The van der Waals surface area contributed by atoms with Gasteiger partial charge in [0.1, 0.15) is 5.75 Å². The molecule has 22 heavy (non-hydrogen) atoms. The van der Waals surface area contributed by atoms with Crippen molar-refractivity contribution in [2.24, 2.45) is 0 Å². The first-order valence-corrected chi connectivity index (χ1v) is 8.50. The highest BCUT2D eigenvalue weighted by Crippen LogP contribution is 2.27. The van der Waals surface area contributed by atoms with Crippen LogP contribution in [0.5, 0.6) is 5.75 Å². The number of rotatable bonds is 9. The van der Waals surface area contributed by atoms with Gasteiger partial charge in [-0.05, 0) is 44.8 Å². The highest BCUT2D eigenvalue weighted by molar-refractivity contribution is 5.88. The molecule has 2 aromatic rings. The van der Waals surface area contributed by atoms with E-state index in [1.165, 1.54) is 30.0 Å². The number of hydrogen-bond acceptors (Lipinski definition) is 2. The molecule has 0 saturated heterocycles. The van der Waals surface area contributed by atoms with Crippen LogP contribution in [0.25, 0.3) is 10.8 Å². The Labute approximate surface area is 135 Å². The van der Waals surface area contributed by atoms with Gasteiger partial charge < -0.3 is 9.64 Å². The van der Waals surface area contributed by atoms with Gasteiger partial charge in [0.2, 0.25) is 0 Å². The summed E-state index contributed by atoms with van der Waals surface area (Å²) in [6, 6.07) is 14.8. The Balaban J connectivity index is 2.09. The molecule has 0 spiro atoms. The van der Waals surface area contributed by atoms with Crippen LogP contribution in [0.1, 0.15) is 39.0 Å². The summed E-state index contributed by atoms with van der Waals surface area (Å²) in [6.07, 6.45) is 6.33. The molecule has 0 N–H and O–H groups in total. The molecule has 1 unspecified atom stereocenters. The Hall–Kier alpha value is -1.54. The van der Waals surface area contributed by atoms with Gasteiger partial charge in [0.05, 0.1) is 6.10 Å². The van der Waals surface area contributed by atoms with Crippen LogP contribution in [-0.2, 0) is 0 Å². The van der Waals surface area contributed by atoms with Crippen molar-refractivity contribution in [3.8, 4) is 5.75 Å². The number of ether oxygens (including phenoxy) is 1. The molecule has 0 aliphatic rings. The Morgan fingerprint density at radius 1 is 0.955 bits per heavy atom. The van der Waals surface area contributed by atoms with E-state index in [1.54, 1.807) is 0 Å². The van der Waals surface area contributed by atoms with Crippen molar-refractivity contribution in [1.29, 1.82) is 0 Å². The Bertz CT molecular complexity index is 559. The summed E-state index contributed by atoms with van der Waals surface area (Å²) >= 11 is 0. The lowest BCUT2D eigenvalue weighted by Gasteiger charge is -2.22. The highest BCUT2D eigenvalue weighted by atomic mass is 16.5. The van der Waals surface area contributed by atoms with E-state index in [4.69, 9.17) is 4.74 Å². The van der Waals surface area contributed by atoms with Gasteiger partial charge in [-0.15, -0.1) is 0 Å². The second-order valence-corrected chi connectivity index (χ2v) is 6.30. The maximum Gasteiger partial charge on any atom is 0.127 e. The third kappa shape index (κ3) is 5.03. The van der Waals surface area contributed by atoms with Gasteiger partial charge in [0, 0.05) is 11.9 Å². The van der Waals surface area contributed by atoms with Crippen molar-refractivity contribution in [2.75, 3.05) is 20.6 Å². The monoisotopic (exact) mass is 299 g/mol. The third-order valence-electron chi connectivity index (χ3n) is 4.07. The molecule has 0 fully saturated rings. The van der Waals surface area contributed by atoms with Crippen LogP contribution in [0.4, 0.5) is 0 Å². The number of hydrogen-bond donors (Lipinski definition) is 0. The summed E-state index contributed by atoms with van der Waals surface area (Å²) in [5.41, 5.74) is 0. The topological polar surface area (TPSA) is 12.5 Å². The maximum atomic E-state index is 6.40. The van der Waals surface area contributed by atoms with Gasteiger partial charge in [0.25, 0.3) is 0 Å². The van der Waals surface area contributed by atoms with Crippen LogP contribution in [0.3, 0.4) is 0 Å². The van der Waals surface area contributed by atoms with Crippen LogP contribution in [0, 0.1) is 0 Å². The molecule has 0 radical (unpaired) electrons. The first-order valence-electron chi connectivity index (χ1n) is 8.50. The van der Waals surface area contributed by atoms with E-state index in [0.717, 1.165) is 25.1 Å². The Morgan fingerprint density at radius 3 is 2.50 bits per heavy atom. The standard InChI is InChI=1S/C20H29NO/c1-4-5-6-12-18(15-16-21(2)3)22-20-14-9-11-17-10-7-8-13-19(17)20/h7-11,13-14,18H,4-6,12,15-16H2,1-3H3. The van der Waals surface area contributed by atoms with E-state index in [9.17, 15) is 0 Å². The number of fused-ring (bicyclic) bond motifs is 1. The molecular weight excluding hydrogens is 270 g/mol. The average molecular weight is 299 g/mol. The van der Waals surface area contributed by atoms with Crippen molar-refractivity contribution >= 4 is 10.8 Å². The van der Waals surface area contributed by atoms with E-state index in [-0.39, 0.29) is 0 Å². The van der Waals surface area contributed by atoms with Crippen LogP contribution in [-0.4, -0.2) is 31.6 Å². The van der Waals surface area contributed by atoms with Crippen molar-refractivity contribution in [1.82, 2.24) is 4.90 Å². The van der Waals surface area contributed by atoms with Crippen LogP contribution in [0.2, 0.25) is 0 Å². The third-order valence-corrected chi connectivity index (χ3v) is 4.07. The molecule has 0 aliphatic heterocycles. The first kappa shape index (κ1) is 16.8.